The number of aryl methyl sites for hydroxylation is 1. The van der Waals surface area contributed by atoms with Crippen molar-refractivity contribution in [2.24, 2.45) is 0 Å². The van der Waals surface area contributed by atoms with Crippen LogP contribution in [0.3, 0.4) is 0 Å². The Morgan fingerprint density at radius 1 is 1.16 bits per heavy atom. The minimum atomic E-state index is 0.582. The van der Waals surface area contributed by atoms with Gasteiger partial charge in [-0.15, -0.1) is 0 Å². The van der Waals surface area contributed by atoms with Gasteiger partial charge >= 0.3 is 0 Å². The van der Waals surface area contributed by atoms with E-state index in [2.05, 4.69) is 44.0 Å². The van der Waals surface area contributed by atoms with E-state index in [0.29, 0.717) is 24.9 Å². The number of halogens is 1. The molecular formula is C19H20BrN3O2. The van der Waals surface area contributed by atoms with Gasteiger partial charge in [0.15, 0.2) is 0 Å². The van der Waals surface area contributed by atoms with Crippen LogP contribution in [-0.4, -0.2) is 35.2 Å². The van der Waals surface area contributed by atoms with Crippen molar-refractivity contribution in [2.75, 3.05) is 20.2 Å². The Labute approximate surface area is 155 Å². The monoisotopic (exact) mass is 401 g/mol. The second-order valence-corrected chi connectivity index (χ2v) is 6.84. The van der Waals surface area contributed by atoms with Crippen molar-refractivity contribution in [3.63, 3.8) is 0 Å². The zero-order valence-electron chi connectivity index (χ0n) is 14.3. The van der Waals surface area contributed by atoms with E-state index in [4.69, 9.17) is 9.26 Å². The van der Waals surface area contributed by atoms with Gasteiger partial charge in [0.05, 0.1) is 6.54 Å². The number of benzene rings is 2. The molecule has 0 fully saturated rings. The lowest BCUT2D eigenvalue weighted by molar-refractivity contribution is 0.213. The van der Waals surface area contributed by atoms with Crippen LogP contribution in [0, 0.1) is 6.92 Å². The molecule has 6 heteroatoms. The van der Waals surface area contributed by atoms with E-state index in [1.165, 1.54) is 5.56 Å². The predicted molar refractivity (Wildman–Crippen MR) is 100 cm³/mol. The predicted octanol–water partition coefficient (Wildman–Crippen LogP) is 4.32. The second kappa shape index (κ2) is 8.27. The van der Waals surface area contributed by atoms with Crippen molar-refractivity contribution >= 4 is 15.9 Å². The molecule has 1 heterocycles. The summed E-state index contributed by atoms with van der Waals surface area (Å²) in [5.41, 5.74) is 2.12. The van der Waals surface area contributed by atoms with Crippen LogP contribution in [0.1, 0.15) is 11.5 Å². The number of ether oxygens (including phenoxy) is 1. The van der Waals surface area contributed by atoms with Crippen LogP contribution in [0.25, 0.3) is 11.4 Å². The normalized spacial score (nSPS) is 11.0. The fourth-order valence-electron chi connectivity index (χ4n) is 2.40. The van der Waals surface area contributed by atoms with Gasteiger partial charge in [0.1, 0.15) is 12.4 Å². The topological polar surface area (TPSA) is 51.4 Å². The lowest BCUT2D eigenvalue weighted by Crippen LogP contribution is -2.24. The summed E-state index contributed by atoms with van der Waals surface area (Å²) >= 11 is 3.45. The Hall–Kier alpha value is -2.18. The van der Waals surface area contributed by atoms with Crippen molar-refractivity contribution in [3.05, 3.63) is 64.5 Å². The molecule has 0 radical (unpaired) electrons. The number of aromatic nitrogens is 2. The maximum atomic E-state index is 5.77. The standard InChI is InChI=1S/C19H20BrN3O2/c1-14-5-3-8-17(11-14)24-10-9-23(2)13-18-21-19(22-25-18)15-6-4-7-16(20)12-15/h3-8,11-12H,9-10,13H2,1-2H3. The molecular weight excluding hydrogens is 382 g/mol. The first kappa shape index (κ1) is 17.6. The molecule has 0 aliphatic rings. The van der Waals surface area contributed by atoms with E-state index in [1.54, 1.807) is 0 Å². The third-order valence-electron chi connectivity index (χ3n) is 3.69. The number of likely N-dealkylation sites (N-methyl/N-ethyl adjacent to an activating group) is 1. The zero-order chi connectivity index (χ0) is 17.6. The summed E-state index contributed by atoms with van der Waals surface area (Å²) in [5, 5.41) is 4.05. The summed E-state index contributed by atoms with van der Waals surface area (Å²) in [6.45, 7) is 4.00. The van der Waals surface area contributed by atoms with Crippen LogP contribution in [0.5, 0.6) is 5.75 Å². The first-order valence-electron chi connectivity index (χ1n) is 8.07. The van der Waals surface area contributed by atoms with E-state index in [9.17, 15) is 0 Å². The van der Waals surface area contributed by atoms with Crippen LogP contribution in [0.2, 0.25) is 0 Å². The van der Waals surface area contributed by atoms with Crippen LogP contribution in [-0.2, 0) is 6.54 Å². The van der Waals surface area contributed by atoms with Crippen molar-refractivity contribution in [3.8, 4) is 17.1 Å². The van der Waals surface area contributed by atoms with Crippen LogP contribution in [0.4, 0.5) is 0 Å². The van der Waals surface area contributed by atoms with E-state index in [-0.39, 0.29) is 0 Å². The molecule has 0 saturated heterocycles. The Bertz CT molecular complexity index is 835. The number of hydrogen-bond acceptors (Lipinski definition) is 5. The average Bonchev–Trinajstić information content (AvgIpc) is 3.03. The maximum absolute atomic E-state index is 5.77. The van der Waals surface area contributed by atoms with E-state index in [0.717, 1.165) is 22.3 Å². The molecule has 130 valence electrons. The highest BCUT2D eigenvalue weighted by Crippen LogP contribution is 2.20. The van der Waals surface area contributed by atoms with E-state index in [1.807, 2.05) is 49.5 Å². The molecule has 3 rings (SSSR count). The number of nitrogens with zero attached hydrogens (tertiary/aromatic N) is 3. The summed E-state index contributed by atoms with van der Waals surface area (Å²) in [4.78, 5) is 6.55. The lowest BCUT2D eigenvalue weighted by atomic mass is 10.2. The molecule has 0 saturated carbocycles. The molecule has 2 aromatic carbocycles. The van der Waals surface area contributed by atoms with Gasteiger partial charge in [-0.3, -0.25) is 4.90 Å². The van der Waals surface area contributed by atoms with Gasteiger partial charge < -0.3 is 9.26 Å². The Morgan fingerprint density at radius 3 is 2.80 bits per heavy atom. The molecule has 0 aliphatic carbocycles. The molecule has 0 aliphatic heterocycles. The Morgan fingerprint density at radius 2 is 2.00 bits per heavy atom. The first-order valence-corrected chi connectivity index (χ1v) is 8.86. The molecule has 0 amide bonds. The van der Waals surface area contributed by atoms with Gasteiger partial charge in [-0.05, 0) is 43.8 Å². The highest BCUT2D eigenvalue weighted by atomic mass is 79.9. The highest BCUT2D eigenvalue weighted by Gasteiger charge is 2.11. The van der Waals surface area contributed by atoms with Crippen molar-refractivity contribution in [2.45, 2.75) is 13.5 Å². The average molecular weight is 402 g/mol. The highest BCUT2D eigenvalue weighted by molar-refractivity contribution is 9.10. The van der Waals surface area contributed by atoms with Gasteiger partial charge in [0.2, 0.25) is 11.7 Å². The lowest BCUT2D eigenvalue weighted by Gasteiger charge is -2.14. The molecule has 0 unspecified atom stereocenters. The molecule has 0 N–H and O–H groups in total. The Kier molecular flexibility index (Phi) is 5.83. The second-order valence-electron chi connectivity index (χ2n) is 5.92. The summed E-state index contributed by atoms with van der Waals surface area (Å²) in [6, 6.07) is 15.9. The van der Waals surface area contributed by atoms with Crippen LogP contribution < -0.4 is 4.74 Å². The SMILES string of the molecule is Cc1cccc(OCCN(C)Cc2nc(-c3cccc(Br)c3)no2)c1. The summed E-state index contributed by atoms with van der Waals surface area (Å²) in [5.74, 6) is 2.08. The van der Waals surface area contributed by atoms with E-state index < -0.39 is 0 Å². The van der Waals surface area contributed by atoms with Gasteiger partial charge in [0, 0.05) is 16.6 Å². The minimum absolute atomic E-state index is 0.582. The third kappa shape index (κ3) is 5.14. The van der Waals surface area contributed by atoms with Crippen molar-refractivity contribution in [1.29, 1.82) is 0 Å². The van der Waals surface area contributed by atoms with Crippen molar-refractivity contribution < 1.29 is 9.26 Å². The summed E-state index contributed by atoms with van der Waals surface area (Å²) < 4.78 is 12.1. The van der Waals surface area contributed by atoms with Crippen LogP contribution in [0.15, 0.2) is 57.5 Å². The molecule has 0 bridgehead atoms. The number of rotatable bonds is 7. The quantitative estimate of drug-likeness (QED) is 0.589. The third-order valence-corrected chi connectivity index (χ3v) is 4.18. The fourth-order valence-corrected chi connectivity index (χ4v) is 2.80. The Balaban J connectivity index is 1.50. The minimum Gasteiger partial charge on any atom is -0.492 e. The largest absolute Gasteiger partial charge is 0.492 e. The number of hydrogen-bond donors (Lipinski definition) is 0. The van der Waals surface area contributed by atoms with E-state index >= 15 is 0 Å². The van der Waals surface area contributed by atoms with Gasteiger partial charge in [-0.1, -0.05) is 45.4 Å². The summed E-state index contributed by atoms with van der Waals surface area (Å²) in [6.07, 6.45) is 0. The van der Waals surface area contributed by atoms with Gasteiger partial charge in [-0.25, -0.2) is 0 Å². The zero-order valence-corrected chi connectivity index (χ0v) is 15.9. The molecule has 25 heavy (non-hydrogen) atoms. The maximum Gasteiger partial charge on any atom is 0.241 e. The van der Waals surface area contributed by atoms with Crippen molar-refractivity contribution in [1.82, 2.24) is 15.0 Å². The molecule has 3 aromatic rings. The molecule has 1 aromatic heterocycles. The first-order chi connectivity index (χ1) is 12.1. The van der Waals surface area contributed by atoms with Gasteiger partial charge in [-0.2, -0.15) is 4.98 Å². The fraction of sp³-hybridized carbons (Fsp3) is 0.263. The smallest absolute Gasteiger partial charge is 0.241 e. The molecule has 0 atom stereocenters. The molecule has 0 spiro atoms. The summed E-state index contributed by atoms with van der Waals surface area (Å²) in [7, 11) is 2.00. The molecule has 5 nitrogen and oxygen atoms in total. The van der Waals surface area contributed by atoms with Gasteiger partial charge in [0.25, 0.3) is 0 Å². The van der Waals surface area contributed by atoms with Crippen LogP contribution >= 0.6 is 15.9 Å².